The van der Waals surface area contributed by atoms with Crippen LogP contribution in [0.15, 0.2) is 42.1 Å². The number of nitrogens with one attached hydrogen (secondary N) is 1. The average Bonchev–Trinajstić information content (AvgIpc) is 2.30. The van der Waals surface area contributed by atoms with Gasteiger partial charge in [0.1, 0.15) is 0 Å². The number of para-hydroxylation sites is 1. The summed E-state index contributed by atoms with van der Waals surface area (Å²) in [5, 5.41) is 3.52. The van der Waals surface area contributed by atoms with Crippen LogP contribution < -0.4 is 16.0 Å². The number of amides is 1. The van der Waals surface area contributed by atoms with Gasteiger partial charge in [0.25, 0.3) is 0 Å². The summed E-state index contributed by atoms with van der Waals surface area (Å²) in [5.74, 6) is -0.434. The fourth-order valence-corrected chi connectivity index (χ4v) is 1.68. The Bertz CT molecular complexity index is 456. The zero-order valence-electron chi connectivity index (χ0n) is 8.51. The lowest BCUT2D eigenvalue weighted by molar-refractivity contribution is -0.114. The first kappa shape index (κ1) is 10.6. The van der Waals surface area contributed by atoms with Gasteiger partial charge in [0, 0.05) is 18.4 Å². The van der Waals surface area contributed by atoms with Gasteiger partial charge in [-0.25, -0.2) is 0 Å². The number of thiocarbonyl (C=S) groups is 1. The Labute approximate surface area is 98.7 Å². The number of hydrogen-bond donors (Lipinski definition) is 2. The highest BCUT2D eigenvalue weighted by Gasteiger charge is 2.18. The first-order chi connectivity index (χ1) is 7.68. The molecule has 1 heterocycles. The van der Waals surface area contributed by atoms with E-state index in [9.17, 15) is 4.79 Å². The van der Waals surface area contributed by atoms with E-state index < -0.39 is 5.91 Å². The molecule has 0 unspecified atom stereocenters. The van der Waals surface area contributed by atoms with Crippen molar-refractivity contribution in [2.45, 2.75) is 0 Å². The van der Waals surface area contributed by atoms with Crippen LogP contribution in [0.2, 0.25) is 0 Å². The second-order valence-electron chi connectivity index (χ2n) is 3.38. The number of anilines is 1. The van der Waals surface area contributed by atoms with Crippen LogP contribution in [0.25, 0.3) is 0 Å². The SMILES string of the molecule is NC(=O)C1=CN(c2ccccc2)C(=S)NC1. The Kier molecular flexibility index (Phi) is 2.87. The summed E-state index contributed by atoms with van der Waals surface area (Å²) in [6.07, 6.45) is 1.68. The monoisotopic (exact) mass is 233 g/mol. The third-order valence-corrected chi connectivity index (χ3v) is 2.63. The molecule has 0 saturated heterocycles. The van der Waals surface area contributed by atoms with Crippen LogP contribution >= 0.6 is 12.2 Å². The summed E-state index contributed by atoms with van der Waals surface area (Å²) in [7, 11) is 0. The minimum absolute atomic E-state index is 0.386. The number of hydrogen-bond acceptors (Lipinski definition) is 2. The van der Waals surface area contributed by atoms with Gasteiger partial charge in [-0.05, 0) is 24.4 Å². The lowest BCUT2D eigenvalue weighted by Crippen LogP contribution is -2.44. The van der Waals surface area contributed by atoms with E-state index in [1.165, 1.54) is 0 Å². The summed E-state index contributed by atoms with van der Waals surface area (Å²) in [6.45, 7) is 0.386. The molecule has 1 aliphatic rings. The second-order valence-corrected chi connectivity index (χ2v) is 3.77. The smallest absolute Gasteiger partial charge is 0.247 e. The van der Waals surface area contributed by atoms with Crippen LogP contribution in [-0.2, 0) is 4.79 Å². The Balaban J connectivity index is 2.35. The normalized spacial score (nSPS) is 15.4. The predicted octanol–water partition coefficient (Wildman–Crippen LogP) is 0.750. The predicted molar refractivity (Wildman–Crippen MR) is 66.8 cm³/mol. The Morgan fingerprint density at radius 2 is 2.06 bits per heavy atom. The molecule has 0 aliphatic carbocycles. The lowest BCUT2D eigenvalue weighted by Gasteiger charge is -2.27. The number of nitrogens with two attached hydrogens (primary N) is 1. The maximum Gasteiger partial charge on any atom is 0.247 e. The van der Waals surface area contributed by atoms with Crippen molar-refractivity contribution in [3.63, 3.8) is 0 Å². The molecular formula is C11H11N3OS. The van der Waals surface area contributed by atoms with Crippen LogP contribution in [-0.4, -0.2) is 17.6 Å². The van der Waals surface area contributed by atoms with Gasteiger partial charge in [-0.3, -0.25) is 9.69 Å². The van der Waals surface area contributed by atoms with Crippen LogP contribution in [0.1, 0.15) is 0 Å². The molecule has 0 atom stereocenters. The molecule has 0 radical (unpaired) electrons. The third kappa shape index (κ3) is 2.04. The number of nitrogens with zero attached hydrogens (tertiary/aromatic N) is 1. The van der Waals surface area contributed by atoms with Crippen LogP contribution in [0.4, 0.5) is 5.69 Å². The molecule has 0 bridgehead atoms. The summed E-state index contributed by atoms with van der Waals surface area (Å²) in [5.41, 5.74) is 6.65. The minimum Gasteiger partial charge on any atom is -0.366 e. The maximum atomic E-state index is 11.1. The topological polar surface area (TPSA) is 58.4 Å². The third-order valence-electron chi connectivity index (χ3n) is 2.28. The summed E-state index contributed by atoms with van der Waals surface area (Å²) < 4.78 is 0. The van der Waals surface area contributed by atoms with Crippen molar-refractivity contribution in [1.29, 1.82) is 0 Å². The van der Waals surface area contributed by atoms with Gasteiger partial charge >= 0.3 is 0 Å². The standard InChI is InChI=1S/C11H11N3OS/c12-10(15)8-6-13-11(16)14(7-8)9-4-2-1-3-5-9/h1-5,7H,6H2,(H2,12,15)(H,13,16). The van der Waals surface area contributed by atoms with Crippen LogP contribution in [0.3, 0.4) is 0 Å². The van der Waals surface area contributed by atoms with Crippen LogP contribution in [0.5, 0.6) is 0 Å². The number of rotatable bonds is 2. The fraction of sp³-hybridized carbons (Fsp3) is 0.0909. The number of carbonyl (C=O) groups excluding carboxylic acids is 1. The molecule has 0 aromatic heterocycles. The highest BCUT2D eigenvalue weighted by Crippen LogP contribution is 2.17. The van der Waals surface area contributed by atoms with Gasteiger partial charge < -0.3 is 11.1 Å². The Morgan fingerprint density at radius 1 is 1.38 bits per heavy atom. The van der Waals surface area contributed by atoms with E-state index >= 15 is 0 Å². The van der Waals surface area contributed by atoms with Crippen molar-refractivity contribution in [3.05, 3.63) is 42.1 Å². The van der Waals surface area contributed by atoms with Gasteiger partial charge in [0.15, 0.2) is 5.11 Å². The number of carbonyl (C=O) groups is 1. The number of benzene rings is 1. The molecule has 4 nitrogen and oxygen atoms in total. The van der Waals surface area contributed by atoms with Crippen molar-refractivity contribution in [2.75, 3.05) is 11.4 Å². The van der Waals surface area contributed by atoms with Crippen molar-refractivity contribution < 1.29 is 4.79 Å². The maximum absolute atomic E-state index is 11.1. The van der Waals surface area contributed by atoms with Crippen molar-refractivity contribution >= 4 is 28.9 Å². The zero-order chi connectivity index (χ0) is 11.5. The van der Waals surface area contributed by atoms with Crippen molar-refractivity contribution in [1.82, 2.24) is 5.32 Å². The van der Waals surface area contributed by atoms with Gasteiger partial charge in [-0.15, -0.1) is 0 Å². The van der Waals surface area contributed by atoms with Gasteiger partial charge in [-0.1, -0.05) is 18.2 Å². The van der Waals surface area contributed by atoms with E-state index in [1.807, 2.05) is 30.3 Å². The van der Waals surface area contributed by atoms with E-state index in [0.29, 0.717) is 17.2 Å². The molecule has 1 aliphatic heterocycles. The molecular weight excluding hydrogens is 222 g/mol. The summed E-state index contributed by atoms with van der Waals surface area (Å²) in [6, 6.07) is 9.56. The van der Waals surface area contributed by atoms with E-state index in [1.54, 1.807) is 11.1 Å². The summed E-state index contributed by atoms with van der Waals surface area (Å²) in [4.78, 5) is 12.8. The second kappa shape index (κ2) is 4.32. The van der Waals surface area contributed by atoms with Crippen molar-refractivity contribution in [3.8, 4) is 0 Å². The first-order valence-electron chi connectivity index (χ1n) is 4.81. The minimum atomic E-state index is -0.434. The molecule has 0 saturated carbocycles. The zero-order valence-corrected chi connectivity index (χ0v) is 9.33. The molecule has 1 aromatic rings. The van der Waals surface area contributed by atoms with Gasteiger partial charge in [0.05, 0.1) is 5.57 Å². The quantitative estimate of drug-likeness (QED) is 0.740. The largest absolute Gasteiger partial charge is 0.366 e. The van der Waals surface area contributed by atoms with Crippen molar-refractivity contribution in [2.24, 2.45) is 5.73 Å². The first-order valence-corrected chi connectivity index (χ1v) is 5.22. The molecule has 1 aromatic carbocycles. The Morgan fingerprint density at radius 3 is 2.69 bits per heavy atom. The molecule has 5 heteroatoms. The van der Waals surface area contributed by atoms with E-state index in [4.69, 9.17) is 18.0 Å². The molecule has 16 heavy (non-hydrogen) atoms. The average molecular weight is 233 g/mol. The van der Waals surface area contributed by atoms with E-state index in [-0.39, 0.29) is 0 Å². The highest BCUT2D eigenvalue weighted by atomic mass is 32.1. The summed E-state index contributed by atoms with van der Waals surface area (Å²) >= 11 is 5.17. The molecule has 1 amide bonds. The number of primary amides is 1. The molecule has 0 spiro atoms. The molecule has 3 N–H and O–H groups in total. The van der Waals surface area contributed by atoms with Gasteiger partial charge in [0.2, 0.25) is 5.91 Å². The molecule has 2 rings (SSSR count). The van der Waals surface area contributed by atoms with E-state index in [2.05, 4.69) is 5.32 Å². The van der Waals surface area contributed by atoms with Crippen LogP contribution in [0, 0.1) is 0 Å². The van der Waals surface area contributed by atoms with Gasteiger partial charge in [-0.2, -0.15) is 0 Å². The highest BCUT2D eigenvalue weighted by molar-refractivity contribution is 7.80. The molecule has 82 valence electrons. The Hall–Kier alpha value is -1.88. The van der Waals surface area contributed by atoms with E-state index in [0.717, 1.165) is 5.69 Å². The molecule has 0 fully saturated rings. The fourth-order valence-electron chi connectivity index (χ4n) is 1.45. The lowest BCUT2D eigenvalue weighted by atomic mass is 10.2.